The second-order valence-corrected chi connectivity index (χ2v) is 8.25. The largest absolute Gasteiger partial charge is 0.368 e. The van der Waals surface area contributed by atoms with Crippen LogP contribution in [-0.4, -0.2) is 18.4 Å². The minimum Gasteiger partial charge on any atom is -0.368 e. The van der Waals surface area contributed by atoms with E-state index >= 15 is 0 Å². The molecule has 0 saturated carbocycles. The van der Waals surface area contributed by atoms with E-state index in [4.69, 9.17) is 5.73 Å². The molecule has 2 amide bonds. The molecule has 0 aliphatic carbocycles. The van der Waals surface area contributed by atoms with E-state index in [-0.39, 0.29) is 12.5 Å². The molecule has 0 aliphatic rings. The molecule has 0 aliphatic heterocycles. The number of halogens is 2. The van der Waals surface area contributed by atoms with Gasteiger partial charge < -0.3 is 11.1 Å². The normalized spacial score (nSPS) is 10.9. The maximum atomic E-state index is 13.5. The fourth-order valence-electron chi connectivity index (χ4n) is 3.40. The molecule has 0 radical (unpaired) electrons. The fourth-order valence-corrected chi connectivity index (χ4v) is 4.52. The monoisotopic (exact) mass is 436 g/mol. The van der Waals surface area contributed by atoms with Crippen molar-refractivity contribution in [2.75, 3.05) is 6.54 Å². The van der Waals surface area contributed by atoms with Crippen molar-refractivity contribution in [2.24, 2.45) is 5.73 Å². The molecule has 156 valence electrons. The van der Waals surface area contributed by atoms with Crippen molar-refractivity contribution >= 4 is 33.2 Å². The van der Waals surface area contributed by atoms with Crippen molar-refractivity contribution in [1.29, 1.82) is 0 Å². The Bertz CT molecular complexity index is 1300. The van der Waals surface area contributed by atoms with Crippen LogP contribution < -0.4 is 11.1 Å². The van der Waals surface area contributed by atoms with Crippen LogP contribution in [0.1, 0.15) is 20.8 Å². The summed E-state index contributed by atoms with van der Waals surface area (Å²) in [5.41, 5.74) is 8.01. The highest BCUT2D eigenvalue weighted by Crippen LogP contribution is 2.35. The number of hydrogen-bond donors (Lipinski definition) is 2. The van der Waals surface area contributed by atoms with Crippen LogP contribution in [0, 0.1) is 11.6 Å². The summed E-state index contributed by atoms with van der Waals surface area (Å²) in [5, 5.41) is 3.50. The van der Waals surface area contributed by atoms with Crippen LogP contribution in [0.25, 0.3) is 21.2 Å². The topological polar surface area (TPSA) is 72.2 Å². The lowest BCUT2D eigenvalue weighted by Gasteiger charge is -2.07. The number of amides is 2. The summed E-state index contributed by atoms with van der Waals surface area (Å²) in [6.07, 6.45) is 0.492. The lowest BCUT2D eigenvalue weighted by Crippen LogP contribution is -2.33. The van der Waals surface area contributed by atoms with Crippen LogP contribution in [0.15, 0.2) is 66.7 Å². The quantitative estimate of drug-likeness (QED) is 0.462. The third kappa shape index (κ3) is 4.62. The minimum atomic E-state index is -0.859. The Labute approximate surface area is 181 Å². The van der Waals surface area contributed by atoms with Crippen molar-refractivity contribution in [3.63, 3.8) is 0 Å². The maximum Gasteiger partial charge on any atom is 0.251 e. The molecule has 7 heteroatoms. The van der Waals surface area contributed by atoms with Crippen LogP contribution >= 0.6 is 11.3 Å². The van der Waals surface area contributed by atoms with Crippen LogP contribution in [-0.2, 0) is 11.2 Å². The first-order valence-corrected chi connectivity index (χ1v) is 10.3. The Morgan fingerprint density at radius 3 is 2.52 bits per heavy atom. The summed E-state index contributed by atoms with van der Waals surface area (Å²) in [4.78, 5) is 24.2. The Hall–Kier alpha value is -3.58. The predicted molar refractivity (Wildman–Crippen MR) is 118 cm³/mol. The molecule has 3 N–H and O–H groups in total. The molecule has 31 heavy (non-hydrogen) atoms. The Morgan fingerprint density at radius 2 is 1.74 bits per heavy atom. The number of nitrogens with two attached hydrogens (primary N) is 1. The molecular weight excluding hydrogens is 418 g/mol. The number of fused-ring (bicyclic) bond motifs is 1. The molecule has 4 aromatic rings. The van der Waals surface area contributed by atoms with Gasteiger partial charge in [-0.3, -0.25) is 9.59 Å². The molecule has 0 atom stereocenters. The van der Waals surface area contributed by atoms with Gasteiger partial charge in [0.2, 0.25) is 5.91 Å². The number of carbonyl (C=O) groups is 2. The lowest BCUT2D eigenvalue weighted by atomic mass is 9.99. The smallest absolute Gasteiger partial charge is 0.251 e. The van der Waals surface area contributed by atoms with Crippen molar-refractivity contribution in [3.05, 3.63) is 94.4 Å². The predicted octanol–water partition coefficient (Wildman–Crippen LogP) is 4.65. The third-order valence-corrected chi connectivity index (χ3v) is 5.93. The summed E-state index contributed by atoms with van der Waals surface area (Å²) in [7, 11) is 0. The molecule has 0 unspecified atom stereocenters. The molecular formula is C24H18F2N2O2S. The van der Waals surface area contributed by atoms with E-state index in [1.54, 1.807) is 35.6 Å². The first-order chi connectivity index (χ1) is 14.9. The van der Waals surface area contributed by atoms with Crippen LogP contribution in [0.3, 0.4) is 0 Å². The highest BCUT2D eigenvalue weighted by Gasteiger charge is 2.12. The van der Waals surface area contributed by atoms with Gasteiger partial charge in [0.05, 0.1) is 6.54 Å². The molecule has 4 rings (SSSR count). The summed E-state index contributed by atoms with van der Waals surface area (Å²) in [5.74, 6) is -2.70. The number of benzene rings is 3. The molecule has 4 nitrogen and oxygen atoms in total. The van der Waals surface area contributed by atoms with Crippen molar-refractivity contribution < 1.29 is 18.4 Å². The van der Waals surface area contributed by atoms with Crippen molar-refractivity contribution in [3.8, 4) is 11.1 Å². The van der Waals surface area contributed by atoms with E-state index in [2.05, 4.69) is 5.32 Å². The number of rotatable bonds is 6. The average Bonchev–Trinajstić information content (AvgIpc) is 3.17. The van der Waals surface area contributed by atoms with Gasteiger partial charge in [-0.25, -0.2) is 8.78 Å². The number of hydrogen-bond acceptors (Lipinski definition) is 3. The zero-order chi connectivity index (χ0) is 22.0. The molecule has 0 spiro atoms. The summed E-state index contributed by atoms with van der Waals surface area (Å²) < 4.78 is 27.8. The number of primary amides is 1. The van der Waals surface area contributed by atoms with E-state index in [0.29, 0.717) is 17.5 Å². The average molecular weight is 436 g/mol. The Kier molecular flexibility index (Phi) is 5.77. The maximum absolute atomic E-state index is 13.5. The fraction of sp³-hybridized carbons (Fsp3) is 0.0833. The van der Waals surface area contributed by atoms with Crippen LogP contribution in [0.4, 0.5) is 8.78 Å². The highest BCUT2D eigenvalue weighted by molar-refractivity contribution is 7.19. The first kappa shape index (κ1) is 20.7. The van der Waals surface area contributed by atoms with E-state index in [9.17, 15) is 18.4 Å². The van der Waals surface area contributed by atoms with Gasteiger partial charge in [-0.2, -0.15) is 0 Å². The molecule has 0 fully saturated rings. The molecule has 3 aromatic carbocycles. The number of carbonyl (C=O) groups excluding carboxylic acids is 2. The van der Waals surface area contributed by atoms with Gasteiger partial charge in [0.1, 0.15) is 0 Å². The van der Waals surface area contributed by atoms with Crippen molar-refractivity contribution in [2.45, 2.75) is 6.42 Å². The van der Waals surface area contributed by atoms with Gasteiger partial charge in [-0.1, -0.05) is 30.3 Å². The lowest BCUT2D eigenvalue weighted by molar-refractivity contribution is -0.117. The van der Waals surface area contributed by atoms with E-state index in [1.165, 1.54) is 6.07 Å². The SMILES string of the molecule is NC(=O)CNC(=O)c1cccc(-c2cccc3sc(Cc4ccc(F)c(F)c4)cc23)c1. The minimum absolute atomic E-state index is 0.226. The molecule has 0 bridgehead atoms. The molecule has 0 saturated heterocycles. The second-order valence-electron chi connectivity index (χ2n) is 7.09. The van der Waals surface area contributed by atoms with E-state index in [1.807, 2.05) is 30.3 Å². The van der Waals surface area contributed by atoms with Crippen LogP contribution in [0.5, 0.6) is 0 Å². The van der Waals surface area contributed by atoms with Gasteiger partial charge in [-0.15, -0.1) is 11.3 Å². The van der Waals surface area contributed by atoms with Crippen LogP contribution in [0.2, 0.25) is 0 Å². The molecule has 1 aromatic heterocycles. The standard InChI is InChI=1S/C24H18F2N2O2S/c25-20-8-7-14(10-21(20)26)9-17-12-19-18(5-2-6-22(19)31-17)15-3-1-4-16(11-15)24(30)28-13-23(27)29/h1-8,10-12H,9,13H2,(H2,27,29)(H,28,30). The molecule has 1 heterocycles. The third-order valence-electron chi connectivity index (χ3n) is 4.83. The second kappa shape index (κ2) is 8.65. The summed E-state index contributed by atoms with van der Waals surface area (Å²) in [6.45, 7) is -0.226. The van der Waals surface area contributed by atoms with Gasteiger partial charge >= 0.3 is 0 Å². The van der Waals surface area contributed by atoms with E-state index < -0.39 is 17.5 Å². The zero-order valence-electron chi connectivity index (χ0n) is 16.3. The van der Waals surface area contributed by atoms with Gasteiger partial charge in [-0.05, 0) is 53.1 Å². The van der Waals surface area contributed by atoms with Gasteiger partial charge in [0, 0.05) is 26.9 Å². The summed E-state index contributed by atoms with van der Waals surface area (Å²) in [6, 6.07) is 19.0. The highest BCUT2D eigenvalue weighted by atomic mass is 32.1. The van der Waals surface area contributed by atoms with Gasteiger partial charge in [0.15, 0.2) is 11.6 Å². The zero-order valence-corrected chi connectivity index (χ0v) is 17.1. The van der Waals surface area contributed by atoms with Gasteiger partial charge in [0.25, 0.3) is 5.91 Å². The first-order valence-electron chi connectivity index (χ1n) is 9.53. The van der Waals surface area contributed by atoms with E-state index in [0.717, 1.165) is 32.2 Å². The number of nitrogens with one attached hydrogen (secondary N) is 1. The Morgan fingerprint density at radius 1 is 0.935 bits per heavy atom. The van der Waals surface area contributed by atoms with Crippen molar-refractivity contribution in [1.82, 2.24) is 5.32 Å². The summed E-state index contributed by atoms with van der Waals surface area (Å²) >= 11 is 1.59. The Balaban J connectivity index is 1.66. The number of thiophene rings is 1.